The molecule has 1 aromatic rings. The molecule has 1 aromatic heterocycles. The van der Waals surface area contributed by atoms with Gasteiger partial charge >= 0.3 is 0 Å². The Labute approximate surface area is 156 Å². The highest BCUT2D eigenvalue weighted by Gasteiger charge is 2.25. The summed E-state index contributed by atoms with van der Waals surface area (Å²) in [6, 6.07) is 0.730. The Kier molecular flexibility index (Phi) is 7.00. The van der Waals surface area contributed by atoms with E-state index in [0.29, 0.717) is 12.5 Å². The molecule has 0 aromatic carbocycles. The van der Waals surface area contributed by atoms with Crippen molar-refractivity contribution in [2.24, 2.45) is 0 Å². The van der Waals surface area contributed by atoms with Crippen molar-refractivity contribution < 1.29 is 9.90 Å². The maximum absolute atomic E-state index is 12.7. The van der Waals surface area contributed by atoms with Gasteiger partial charge in [-0.1, -0.05) is 19.3 Å². The van der Waals surface area contributed by atoms with Crippen LogP contribution in [-0.2, 0) is 11.2 Å². The Morgan fingerprint density at radius 2 is 1.88 bits per heavy atom. The van der Waals surface area contributed by atoms with Crippen molar-refractivity contribution in [2.45, 2.75) is 102 Å². The van der Waals surface area contributed by atoms with Crippen LogP contribution in [0.5, 0.6) is 0 Å². The summed E-state index contributed by atoms with van der Waals surface area (Å²) in [7, 11) is 0. The first-order valence-electron chi connectivity index (χ1n) is 10.4. The van der Waals surface area contributed by atoms with Crippen LogP contribution in [0, 0.1) is 0 Å². The van der Waals surface area contributed by atoms with Gasteiger partial charge < -0.3 is 10.0 Å². The molecule has 0 bridgehead atoms. The van der Waals surface area contributed by atoms with E-state index in [9.17, 15) is 9.90 Å². The third kappa shape index (κ3) is 4.81. The van der Waals surface area contributed by atoms with Gasteiger partial charge in [0.15, 0.2) is 5.82 Å². The zero-order valence-corrected chi connectivity index (χ0v) is 16.0. The van der Waals surface area contributed by atoms with Gasteiger partial charge in [0.2, 0.25) is 5.91 Å². The molecular formula is C19H33N5O2. The Balaban J connectivity index is 1.48. The van der Waals surface area contributed by atoms with Crippen molar-refractivity contribution in [1.82, 2.24) is 25.1 Å². The Hall–Kier alpha value is -1.50. The van der Waals surface area contributed by atoms with Gasteiger partial charge in [0.1, 0.15) is 0 Å². The van der Waals surface area contributed by atoms with E-state index in [0.717, 1.165) is 63.7 Å². The molecule has 1 amide bonds. The number of carbonyl (C=O) groups excluding carboxylic acids is 1. The van der Waals surface area contributed by atoms with Crippen molar-refractivity contribution in [2.75, 3.05) is 6.54 Å². The lowest BCUT2D eigenvalue weighted by atomic mass is 9.93. The van der Waals surface area contributed by atoms with Gasteiger partial charge in [-0.2, -0.15) is 0 Å². The first kappa shape index (κ1) is 19.3. The van der Waals surface area contributed by atoms with E-state index in [2.05, 4.69) is 27.3 Å². The highest BCUT2D eigenvalue weighted by atomic mass is 16.3. The molecule has 26 heavy (non-hydrogen) atoms. The number of hydrogen-bond donors (Lipinski definition) is 1. The molecule has 2 aliphatic rings. The number of hydrogen-bond acceptors (Lipinski definition) is 5. The standard InChI is InChI=1S/C19H33N5O2/c1-2-23(15-7-4-3-5-8-15)19(26)10-6-9-18-20-21-22-24(18)16-11-13-17(25)14-12-16/h15-17,25H,2-14H2,1H3. The molecule has 0 spiro atoms. The number of aliphatic hydroxyl groups excluding tert-OH is 1. The minimum absolute atomic E-state index is 0.177. The zero-order chi connectivity index (χ0) is 18.4. The van der Waals surface area contributed by atoms with E-state index >= 15 is 0 Å². The molecule has 0 saturated heterocycles. The van der Waals surface area contributed by atoms with Crippen LogP contribution in [0.3, 0.4) is 0 Å². The van der Waals surface area contributed by atoms with Crippen LogP contribution in [0.4, 0.5) is 0 Å². The van der Waals surface area contributed by atoms with E-state index in [-0.39, 0.29) is 18.1 Å². The van der Waals surface area contributed by atoms with Gasteiger partial charge in [0.25, 0.3) is 0 Å². The number of aromatic nitrogens is 4. The minimum atomic E-state index is -0.177. The second-order valence-corrected chi connectivity index (χ2v) is 7.83. The fourth-order valence-corrected chi connectivity index (χ4v) is 4.54. The molecule has 2 fully saturated rings. The molecule has 0 aliphatic heterocycles. The maximum atomic E-state index is 12.7. The summed E-state index contributed by atoms with van der Waals surface area (Å²) >= 11 is 0. The van der Waals surface area contributed by atoms with Crippen molar-refractivity contribution >= 4 is 5.91 Å². The maximum Gasteiger partial charge on any atom is 0.222 e. The lowest BCUT2D eigenvalue weighted by molar-refractivity contribution is -0.134. The minimum Gasteiger partial charge on any atom is -0.393 e. The average Bonchev–Trinajstić information content (AvgIpc) is 3.12. The molecular weight excluding hydrogens is 330 g/mol. The summed E-state index contributed by atoms with van der Waals surface area (Å²) in [6.45, 7) is 2.90. The van der Waals surface area contributed by atoms with E-state index in [1.54, 1.807) is 0 Å². The van der Waals surface area contributed by atoms with Gasteiger partial charge in [-0.15, -0.1) is 5.10 Å². The van der Waals surface area contributed by atoms with Crippen molar-refractivity contribution in [3.63, 3.8) is 0 Å². The number of aliphatic hydroxyl groups is 1. The van der Waals surface area contributed by atoms with E-state index in [1.807, 2.05) is 4.68 Å². The van der Waals surface area contributed by atoms with Crippen molar-refractivity contribution in [3.8, 4) is 0 Å². The number of rotatable bonds is 7. The quantitative estimate of drug-likeness (QED) is 0.805. The van der Waals surface area contributed by atoms with E-state index in [4.69, 9.17) is 0 Å². The third-order valence-corrected chi connectivity index (χ3v) is 6.04. The molecule has 7 heteroatoms. The van der Waals surface area contributed by atoms with E-state index < -0.39 is 0 Å². The normalized spacial score (nSPS) is 24.5. The number of amides is 1. The number of tetrazole rings is 1. The first-order valence-corrected chi connectivity index (χ1v) is 10.4. The van der Waals surface area contributed by atoms with E-state index in [1.165, 1.54) is 19.3 Å². The Morgan fingerprint density at radius 3 is 2.58 bits per heavy atom. The lowest BCUT2D eigenvalue weighted by Crippen LogP contribution is -2.41. The number of aryl methyl sites for hydroxylation is 1. The zero-order valence-electron chi connectivity index (χ0n) is 16.0. The van der Waals surface area contributed by atoms with Gasteiger partial charge in [-0.05, 0) is 62.3 Å². The molecule has 7 nitrogen and oxygen atoms in total. The smallest absolute Gasteiger partial charge is 0.222 e. The van der Waals surface area contributed by atoms with Crippen LogP contribution < -0.4 is 0 Å². The van der Waals surface area contributed by atoms with Crippen LogP contribution in [0.25, 0.3) is 0 Å². The summed E-state index contributed by atoms with van der Waals surface area (Å²) < 4.78 is 1.93. The molecule has 146 valence electrons. The molecule has 3 rings (SSSR count). The third-order valence-electron chi connectivity index (χ3n) is 6.04. The fraction of sp³-hybridized carbons (Fsp3) is 0.895. The summed E-state index contributed by atoms with van der Waals surface area (Å²) in [6.07, 6.45) is 11.5. The summed E-state index contributed by atoms with van der Waals surface area (Å²) in [5.74, 6) is 1.15. The SMILES string of the molecule is CCN(C(=O)CCCc1nnnn1C1CCC(O)CC1)C1CCCCC1. The summed E-state index contributed by atoms with van der Waals surface area (Å²) in [5.41, 5.74) is 0. The highest BCUT2D eigenvalue weighted by molar-refractivity contribution is 5.76. The molecule has 2 saturated carbocycles. The number of carbonyl (C=O) groups is 1. The monoisotopic (exact) mass is 363 g/mol. The van der Waals surface area contributed by atoms with Crippen LogP contribution >= 0.6 is 0 Å². The van der Waals surface area contributed by atoms with Crippen molar-refractivity contribution in [1.29, 1.82) is 0 Å². The predicted octanol–water partition coefficient (Wildman–Crippen LogP) is 2.65. The van der Waals surface area contributed by atoms with Gasteiger partial charge in [0.05, 0.1) is 12.1 Å². The fourth-order valence-electron chi connectivity index (χ4n) is 4.54. The second-order valence-electron chi connectivity index (χ2n) is 7.83. The second kappa shape index (κ2) is 9.44. The topological polar surface area (TPSA) is 84.1 Å². The molecule has 1 N–H and O–H groups in total. The van der Waals surface area contributed by atoms with Crippen LogP contribution in [0.2, 0.25) is 0 Å². The Bertz CT molecular complexity index is 562. The summed E-state index contributed by atoms with van der Waals surface area (Å²) in [5, 5.41) is 21.9. The van der Waals surface area contributed by atoms with Crippen LogP contribution in [-0.4, -0.2) is 54.8 Å². The van der Waals surface area contributed by atoms with Crippen LogP contribution in [0.1, 0.15) is 89.4 Å². The Morgan fingerprint density at radius 1 is 1.15 bits per heavy atom. The number of nitrogens with zero attached hydrogens (tertiary/aromatic N) is 5. The lowest BCUT2D eigenvalue weighted by Gasteiger charge is -2.33. The predicted molar refractivity (Wildman–Crippen MR) is 98.5 cm³/mol. The van der Waals surface area contributed by atoms with Gasteiger partial charge in [-0.25, -0.2) is 4.68 Å². The largest absolute Gasteiger partial charge is 0.393 e. The molecule has 0 atom stereocenters. The highest BCUT2D eigenvalue weighted by Crippen LogP contribution is 2.28. The molecule has 0 radical (unpaired) electrons. The van der Waals surface area contributed by atoms with Crippen LogP contribution in [0.15, 0.2) is 0 Å². The van der Waals surface area contributed by atoms with Crippen molar-refractivity contribution in [3.05, 3.63) is 5.82 Å². The average molecular weight is 364 g/mol. The molecule has 1 heterocycles. The summed E-state index contributed by atoms with van der Waals surface area (Å²) in [4.78, 5) is 14.8. The van der Waals surface area contributed by atoms with Gasteiger partial charge in [0, 0.05) is 25.4 Å². The molecule has 0 unspecified atom stereocenters. The first-order chi connectivity index (χ1) is 12.7. The van der Waals surface area contributed by atoms with Gasteiger partial charge in [-0.3, -0.25) is 4.79 Å². The molecule has 2 aliphatic carbocycles.